The summed E-state index contributed by atoms with van der Waals surface area (Å²) in [6.45, 7) is 4.82. The van der Waals surface area contributed by atoms with Gasteiger partial charge in [0.15, 0.2) is 0 Å². The highest BCUT2D eigenvalue weighted by molar-refractivity contribution is 7.92. The number of hydrogen-bond donors (Lipinski definition) is 1. The highest BCUT2D eigenvalue weighted by atomic mass is 35.5. The van der Waals surface area contributed by atoms with Crippen LogP contribution in [0.3, 0.4) is 0 Å². The van der Waals surface area contributed by atoms with Crippen LogP contribution in [0.15, 0.2) is 77.7 Å². The highest BCUT2D eigenvalue weighted by Crippen LogP contribution is 2.33. The zero-order chi connectivity index (χ0) is 28.7. The molecule has 0 heterocycles. The summed E-state index contributed by atoms with van der Waals surface area (Å²) in [7, 11) is -4.23. The van der Waals surface area contributed by atoms with Gasteiger partial charge >= 0.3 is 0 Å². The van der Waals surface area contributed by atoms with E-state index in [2.05, 4.69) is 5.32 Å². The fraction of sp³-hybridized carbons (Fsp3) is 0.286. The Morgan fingerprint density at radius 3 is 2.18 bits per heavy atom. The summed E-state index contributed by atoms with van der Waals surface area (Å²) in [5.74, 6) is -0.964. The van der Waals surface area contributed by atoms with E-state index < -0.39 is 28.5 Å². The molecule has 3 aromatic rings. The topological polar surface area (TPSA) is 86.8 Å². The Balaban J connectivity index is 2.05. The van der Waals surface area contributed by atoms with E-state index in [0.29, 0.717) is 22.0 Å². The van der Waals surface area contributed by atoms with Gasteiger partial charge < -0.3 is 10.2 Å². The zero-order valence-corrected chi connectivity index (χ0v) is 24.9. The number of carbonyl (C=O) groups is 2. The molecule has 208 valence electrons. The Kier molecular flexibility index (Phi) is 10.7. The fourth-order valence-electron chi connectivity index (χ4n) is 3.80. The van der Waals surface area contributed by atoms with E-state index in [9.17, 15) is 18.0 Å². The first-order chi connectivity index (χ1) is 18.4. The number of sulfonamides is 1. The predicted molar refractivity (Wildman–Crippen MR) is 157 cm³/mol. The molecule has 0 spiro atoms. The first-order valence-corrected chi connectivity index (χ1v) is 14.9. The van der Waals surface area contributed by atoms with E-state index in [1.54, 1.807) is 49.4 Å². The minimum atomic E-state index is -4.23. The average molecular weight is 611 g/mol. The van der Waals surface area contributed by atoms with Gasteiger partial charge in [0.1, 0.15) is 12.6 Å². The van der Waals surface area contributed by atoms with Crippen molar-refractivity contribution in [1.29, 1.82) is 0 Å². The van der Waals surface area contributed by atoms with E-state index >= 15 is 0 Å². The summed E-state index contributed by atoms with van der Waals surface area (Å²) < 4.78 is 28.5. The van der Waals surface area contributed by atoms with E-state index in [1.807, 2.05) is 13.8 Å². The smallest absolute Gasteiger partial charge is 0.264 e. The van der Waals surface area contributed by atoms with Gasteiger partial charge in [-0.15, -0.1) is 0 Å². The predicted octanol–water partition coefficient (Wildman–Crippen LogP) is 6.17. The van der Waals surface area contributed by atoms with Gasteiger partial charge in [-0.2, -0.15) is 0 Å². The third-order valence-corrected chi connectivity index (χ3v) is 8.75. The molecule has 3 aromatic carbocycles. The van der Waals surface area contributed by atoms with Crippen molar-refractivity contribution in [1.82, 2.24) is 10.2 Å². The van der Waals surface area contributed by atoms with Gasteiger partial charge in [0.2, 0.25) is 11.8 Å². The van der Waals surface area contributed by atoms with Crippen molar-refractivity contribution in [2.45, 2.75) is 50.7 Å². The maximum atomic E-state index is 13.9. The first kappa shape index (κ1) is 30.8. The van der Waals surface area contributed by atoms with Crippen molar-refractivity contribution in [3.05, 3.63) is 93.4 Å². The second-order valence-corrected chi connectivity index (χ2v) is 12.2. The fourth-order valence-corrected chi connectivity index (χ4v) is 6.02. The molecular weight excluding hydrogens is 581 g/mol. The van der Waals surface area contributed by atoms with Crippen LogP contribution in [-0.4, -0.2) is 43.8 Å². The monoisotopic (exact) mass is 609 g/mol. The average Bonchev–Trinajstić information content (AvgIpc) is 2.90. The molecule has 2 amide bonds. The first-order valence-electron chi connectivity index (χ1n) is 12.3. The number of carbonyl (C=O) groups excluding carboxylic acids is 2. The van der Waals surface area contributed by atoms with Crippen molar-refractivity contribution in [2.75, 3.05) is 10.8 Å². The van der Waals surface area contributed by atoms with Gasteiger partial charge in [-0.1, -0.05) is 72.1 Å². The van der Waals surface area contributed by atoms with E-state index in [0.717, 1.165) is 4.31 Å². The molecule has 3 rings (SSSR count). The number of nitrogens with zero attached hydrogens (tertiary/aromatic N) is 2. The zero-order valence-electron chi connectivity index (χ0n) is 21.8. The van der Waals surface area contributed by atoms with Gasteiger partial charge in [0.05, 0.1) is 15.6 Å². The lowest BCUT2D eigenvalue weighted by molar-refractivity contribution is -0.139. The number of halogens is 3. The minimum Gasteiger partial charge on any atom is -0.352 e. The van der Waals surface area contributed by atoms with Crippen molar-refractivity contribution in [3.63, 3.8) is 0 Å². The quantitative estimate of drug-likeness (QED) is 0.281. The van der Waals surface area contributed by atoms with Gasteiger partial charge in [0.25, 0.3) is 10.0 Å². The second-order valence-electron chi connectivity index (χ2n) is 9.07. The molecule has 0 aliphatic carbocycles. The number of nitrogens with one attached hydrogen (secondary N) is 1. The molecule has 7 nitrogen and oxygen atoms in total. The van der Waals surface area contributed by atoms with Crippen molar-refractivity contribution >= 4 is 62.3 Å². The van der Waals surface area contributed by atoms with Crippen LogP contribution in [0.4, 0.5) is 5.69 Å². The summed E-state index contributed by atoms with van der Waals surface area (Å²) in [4.78, 5) is 28.3. The molecule has 2 atom stereocenters. The Morgan fingerprint density at radius 2 is 1.56 bits per heavy atom. The molecule has 0 radical (unpaired) electrons. The van der Waals surface area contributed by atoms with Crippen molar-refractivity contribution in [2.24, 2.45) is 0 Å². The van der Waals surface area contributed by atoms with Crippen molar-refractivity contribution in [3.8, 4) is 0 Å². The van der Waals surface area contributed by atoms with Crippen LogP contribution in [0.2, 0.25) is 15.1 Å². The summed E-state index contributed by atoms with van der Waals surface area (Å²) in [6.07, 6.45) is 0.707. The van der Waals surface area contributed by atoms with E-state index in [-0.39, 0.29) is 34.1 Å². The van der Waals surface area contributed by atoms with Crippen LogP contribution >= 0.6 is 34.8 Å². The third-order valence-electron chi connectivity index (χ3n) is 6.20. The van der Waals surface area contributed by atoms with Crippen LogP contribution in [0.5, 0.6) is 0 Å². The largest absolute Gasteiger partial charge is 0.352 e. The maximum Gasteiger partial charge on any atom is 0.264 e. The van der Waals surface area contributed by atoms with Crippen LogP contribution in [-0.2, 0) is 26.2 Å². The molecule has 0 aromatic heterocycles. The molecule has 0 saturated carbocycles. The molecule has 0 unspecified atom stereocenters. The number of rotatable bonds is 11. The van der Waals surface area contributed by atoms with Crippen LogP contribution in [0, 0.1) is 0 Å². The molecule has 1 N–H and O–H groups in total. The van der Waals surface area contributed by atoms with E-state index in [4.69, 9.17) is 34.8 Å². The second kappa shape index (κ2) is 13.5. The molecule has 11 heteroatoms. The van der Waals surface area contributed by atoms with Gasteiger partial charge in [-0.25, -0.2) is 8.42 Å². The molecule has 0 aliphatic rings. The number of amides is 2. The number of hydrogen-bond acceptors (Lipinski definition) is 4. The molecule has 0 fully saturated rings. The normalized spacial score (nSPS) is 12.9. The molecule has 0 aliphatic heterocycles. The summed E-state index contributed by atoms with van der Waals surface area (Å²) in [5.41, 5.74) is 0.763. The Bertz CT molecular complexity index is 1420. The SMILES string of the molecule is CC[C@H](C)NC(=O)[C@H](C)N(Cc1cccc(Cl)c1)C(=O)CN(c1ccc(Cl)cc1Cl)S(=O)(=O)c1ccccc1. The molecule has 0 saturated heterocycles. The molecule has 0 bridgehead atoms. The summed E-state index contributed by atoms with van der Waals surface area (Å²) in [6, 6.07) is 18.0. The van der Waals surface area contributed by atoms with Gasteiger partial charge in [0, 0.05) is 22.6 Å². The summed E-state index contributed by atoms with van der Waals surface area (Å²) in [5, 5.41) is 3.73. The van der Waals surface area contributed by atoms with Gasteiger partial charge in [-0.3, -0.25) is 13.9 Å². The number of benzene rings is 3. The third kappa shape index (κ3) is 7.88. The maximum absolute atomic E-state index is 13.9. The lowest BCUT2D eigenvalue weighted by Crippen LogP contribution is -2.52. The van der Waals surface area contributed by atoms with Crippen LogP contribution in [0.25, 0.3) is 0 Å². The molecule has 39 heavy (non-hydrogen) atoms. The van der Waals surface area contributed by atoms with Gasteiger partial charge in [-0.05, 0) is 68.3 Å². The lowest BCUT2D eigenvalue weighted by atomic mass is 10.1. The minimum absolute atomic E-state index is 0.0206. The van der Waals surface area contributed by atoms with Crippen molar-refractivity contribution < 1.29 is 18.0 Å². The lowest BCUT2D eigenvalue weighted by Gasteiger charge is -2.32. The van der Waals surface area contributed by atoms with Crippen LogP contribution < -0.4 is 9.62 Å². The number of anilines is 1. The Hall–Kier alpha value is -2.78. The van der Waals surface area contributed by atoms with Crippen LogP contribution in [0.1, 0.15) is 32.8 Å². The summed E-state index contributed by atoms with van der Waals surface area (Å²) >= 11 is 18.6. The highest BCUT2D eigenvalue weighted by Gasteiger charge is 2.33. The molecular formula is C28H30Cl3N3O4S. The standard InChI is InChI=1S/C28H30Cl3N3O4S/c1-4-19(2)32-28(36)20(3)33(17-21-9-8-10-22(29)15-21)27(35)18-34(26-14-13-23(30)16-25(26)31)39(37,38)24-11-6-5-7-12-24/h5-16,19-20H,4,17-18H2,1-3H3,(H,32,36)/t19-,20-/m0/s1. The Labute approximate surface area is 244 Å². The Morgan fingerprint density at radius 1 is 0.897 bits per heavy atom. The van der Waals surface area contributed by atoms with E-state index in [1.165, 1.54) is 35.2 Å².